The highest BCUT2D eigenvalue weighted by Crippen LogP contribution is 2.22. The van der Waals surface area contributed by atoms with Gasteiger partial charge in [0.05, 0.1) is 6.10 Å². The van der Waals surface area contributed by atoms with Crippen molar-refractivity contribution in [1.82, 2.24) is 0 Å². The van der Waals surface area contributed by atoms with E-state index in [1.807, 2.05) is 0 Å². The molecule has 94 valence electrons. The molecule has 0 aromatic heterocycles. The van der Waals surface area contributed by atoms with E-state index >= 15 is 0 Å². The lowest BCUT2D eigenvalue weighted by molar-refractivity contribution is -0.163. The summed E-state index contributed by atoms with van der Waals surface area (Å²) >= 11 is 5.77. The molecule has 0 aliphatic heterocycles. The van der Waals surface area contributed by atoms with Gasteiger partial charge in [0.15, 0.2) is 5.60 Å². The first-order chi connectivity index (χ1) is 7.81. The minimum absolute atomic E-state index is 0.157. The highest BCUT2D eigenvalue weighted by molar-refractivity contribution is 6.30. The molecule has 4 heteroatoms. The zero-order chi connectivity index (χ0) is 13.1. The molecular formula is C13H17ClO3. The van der Waals surface area contributed by atoms with Crippen LogP contribution >= 0.6 is 11.6 Å². The van der Waals surface area contributed by atoms with Crippen molar-refractivity contribution in [3.63, 3.8) is 0 Å². The Hall–Kier alpha value is -1.22. The lowest BCUT2D eigenvalue weighted by Gasteiger charge is -2.25. The largest absolute Gasteiger partial charge is 0.476 e. The van der Waals surface area contributed by atoms with Crippen LogP contribution < -0.4 is 4.74 Å². The lowest BCUT2D eigenvalue weighted by atomic mass is 10.1. The molecule has 0 fully saturated rings. The molecule has 0 aliphatic rings. The first-order valence-electron chi connectivity index (χ1n) is 5.47. The third-order valence-corrected chi connectivity index (χ3v) is 2.27. The van der Waals surface area contributed by atoms with Crippen LogP contribution in [-0.2, 0) is 9.53 Å². The Morgan fingerprint density at radius 1 is 1.24 bits per heavy atom. The fraction of sp³-hybridized carbons (Fsp3) is 0.462. The Bertz CT molecular complexity index is 382. The standard InChI is InChI=1S/C13H17ClO3/c1-9(2)16-12(15)13(3,4)17-11-7-5-10(14)6-8-11/h5-9H,1-4H3. The maximum atomic E-state index is 11.8. The van der Waals surface area contributed by atoms with Crippen molar-refractivity contribution in [3.8, 4) is 5.75 Å². The van der Waals surface area contributed by atoms with Gasteiger partial charge in [-0.3, -0.25) is 0 Å². The molecule has 0 N–H and O–H groups in total. The summed E-state index contributed by atoms with van der Waals surface area (Å²) in [6, 6.07) is 6.85. The van der Waals surface area contributed by atoms with Crippen molar-refractivity contribution in [3.05, 3.63) is 29.3 Å². The predicted molar refractivity (Wildman–Crippen MR) is 67.4 cm³/mol. The molecule has 0 unspecified atom stereocenters. The van der Waals surface area contributed by atoms with Gasteiger partial charge in [-0.2, -0.15) is 0 Å². The molecule has 0 aliphatic carbocycles. The van der Waals surface area contributed by atoms with Crippen molar-refractivity contribution in [2.45, 2.75) is 39.4 Å². The second kappa shape index (κ2) is 5.41. The molecule has 0 amide bonds. The summed E-state index contributed by atoms with van der Waals surface area (Å²) in [4.78, 5) is 11.8. The smallest absolute Gasteiger partial charge is 0.350 e. The third-order valence-electron chi connectivity index (χ3n) is 2.02. The lowest BCUT2D eigenvalue weighted by Crippen LogP contribution is -2.40. The Kier molecular flexibility index (Phi) is 4.40. The maximum absolute atomic E-state index is 11.8. The van der Waals surface area contributed by atoms with E-state index < -0.39 is 5.60 Å². The van der Waals surface area contributed by atoms with Gasteiger partial charge in [0.2, 0.25) is 0 Å². The van der Waals surface area contributed by atoms with Gasteiger partial charge in [-0.05, 0) is 52.0 Å². The van der Waals surface area contributed by atoms with Crippen LogP contribution in [0.4, 0.5) is 0 Å². The normalized spacial score (nSPS) is 11.4. The van der Waals surface area contributed by atoms with E-state index in [1.165, 1.54) is 0 Å². The molecule has 0 bridgehead atoms. The Morgan fingerprint density at radius 2 is 1.76 bits per heavy atom. The van der Waals surface area contributed by atoms with E-state index in [-0.39, 0.29) is 12.1 Å². The molecule has 3 nitrogen and oxygen atoms in total. The van der Waals surface area contributed by atoms with Crippen LogP contribution in [0, 0.1) is 0 Å². The predicted octanol–water partition coefficient (Wildman–Crippen LogP) is 3.45. The Labute approximate surface area is 107 Å². The first kappa shape index (κ1) is 13.8. The number of ether oxygens (including phenoxy) is 2. The number of hydrogen-bond donors (Lipinski definition) is 0. The summed E-state index contributed by atoms with van der Waals surface area (Å²) in [6.45, 7) is 6.95. The average Bonchev–Trinajstić information content (AvgIpc) is 2.20. The molecule has 0 atom stereocenters. The quantitative estimate of drug-likeness (QED) is 0.774. The van der Waals surface area contributed by atoms with Gasteiger partial charge in [-0.1, -0.05) is 11.6 Å². The van der Waals surface area contributed by atoms with Gasteiger partial charge in [0.1, 0.15) is 5.75 Å². The van der Waals surface area contributed by atoms with Gasteiger partial charge in [-0.25, -0.2) is 4.79 Å². The van der Waals surface area contributed by atoms with Crippen molar-refractivity contribution >= 4 is 17.6 Å². The van der Waals surface area contributed by atoms with Gasteiger partial charge >= 0.3 is 5.97 Å². The molecule has 1 rings (SSSR count). The Balaban J connectivity index is 2.71. The van der Waals surface area contributed by atoms with E-state index in [4.69, 9.17) is 21.1 Å². The number of halogens is 1. The van der Waals surface area contributed by atoms with E-state index in [0.29, 0.717) is 10.8 Å². The number of carbonyl (C=O) groups is 1. The number of hydrogen-bond acceptors (Lipinski definition) is 3. The van der Waals surface area contributed by atoms with Crippen LogP contribution in [0.5, 0.6) is 5.75 Å². The highest BCUT2D eigenvalue weighted by Gasteiger charge is 2.32. The van der Waals surface area contributed by atoms with Crippen LogP contribution in [0.25, 0.3) is 0 Å². The van der Waals surface area contributed by atoms with E-state index in [2.05, 4.69) is 0 Å². The minimum atomic E-state index is -1.02. The fourth-order valence-electron chi connectivity index (χ4n) is 1.19. The van der Waals surface area contributed by atoms with Gasteiger partial charge in [0.25, 0.3) is 0 Å². The van der Waals surface area contributed by atoms with E-state index in [9.17, 15) is 4.79 Å². The van der Waals surface area contributed by atoms with Crippen molar-refractivity contribution in [2.24, 2.45) is 0 Å². The molecule has 1 aromatic rings. The van der Waals surface area contributed by atoms with Crippen LogP contribution in [-0.4, -0.2) is 17.7 Å². The highest BCUT2D eigenvalue weighted by atomic mass is 35.5. The Morgan fingerprint density at radius 3 is 2.24 bits per heavy atom. The number of carbonyl (C=O) groups excluding carboxylic acids is 1. The van der Waals surface area contributed by atoms with E-state index in [0.717, 1.165) is 0 Å². The minimum Gasteiger partial charge on any atom is -0.476 e. The summed E-state index contributed by atoms with van der Waals surface area (Å²) in [6.07, 6.45) is -0.157. The molecule has 0 saturated heterocycles. The average molecular weight is 257 g/mol. The van der Waals surface area contributed by atoms with Crippen molar-refractivity contribution < 1.29 is 14.3 Å². The topological polar surface area (TPSA) is 35.5 Å². The molecule has 0 spiro atoms. The molecule has 0 saturated carbocycles. The van der Waals surface area contributed by atoms with Crippen LogP contribution in [0.1, 0.15) is 27.7 Å². The van der Waals surface area contributed by atoms with E-state index in [1.54, 1.807) is 52.0 Å². The van der Waals surface area contributed by atoms with Gasteiger partial charge in [0, 0.05) is 5.02 Å². The summed E-state index contributed by atoms with van der Waals surface area (Å²) in [5.41, 5.74) is -1.02. The number of esters is 1. The van der Waals surface area contributed by atoms with Crippen molar-refractivity contribution in [2.75, 3.05) is 0 Å². The SMILES string of the molecule is CC(C)OC(=O)C(C)(C)Oc1ccc(Cl)cc1. The number of benzene rings is 1. The summed E-state index contributed by atoms with van der Waals surface area (Å²) in [5, 5.41) is 0.625. The zero-order valence-electron chi connectivity index (χ0n) is 10.5. The zero-order valence-corrected chi connectivity index (χ0v) is 11.2. The maximum Gasteiger partial charge on any atom is 0.350 e. The molecule has 0 radical (unpaired) electrons. The second-order valence-electron chi connectivity index (χ2n) is 4.52. The summed E-state index contributed by atoms with van der Waals surface area (Å²) in [5.74, 6) is 0.197. The van der Waals surface area contributed by atoms with Crippen LogP contribution in [0.2, 0.25) is 5.02 Å². The summed E-state index contributed by atoms with van der Waals surface area (Å²) in [7, 11) is 0. The van der Waals surface area contributed by atoms with Crippen molar-refractivity contribution in [1.29, 1.82) is 0 Å². The monoisotopic (exact) mass is 256 g/mol. The van der Waals surface area contributed by atoms with Crippen LogP contribution in [0.3, 0.4) is 0 Å². The molecule has 17 heavy (non-hydrogen) atoms. The molecule has 1 aromatic carbocycles. The summed E-state index contributed by atoms with van der Waals surface area (Å²) < 4.78 is 10.7. The van der Waals surface area contributed by atoms with Gasteiger partial charge in [-0.15, -0.1) is 0 Å². The van der Waals surface area contributed by atoms with Gasteiger partial charge < -0.3 is 9.47 Å². The molecular weight excluding hydrogens is 240 g/mol. The fourth-order valence-corrected chi connectivity index (χ4v) is 1.32. The first-order valence-corrected chi connectivity index (χ1v) is 5.85. The third kappa shape index (κ3) is 4.27. The number of rotatable bonds is 4. The van der Waals surface area contributed by atoms with Crippen LogP contribution in [0.15, 0.2) is 24.3 Å². The molecule has 0 heterocycles. The second-order valence-corrected chi connectivity index (χ2v) is 4.96.